The molecule has 1 rings (SSSR count). The normalized spacial score (nSPS) is 12.3. The summed E-state index contributed by atoms with van der Waals surface area (Å²) >= 11 is 0. The van der Waals surface area contributed by atoms with Gasteiger partial charge in [-0.05, 0) is 18.9 Å². The Morgan fingerprint density at radius 2 is 1.86 bits per heavy atom. The molecule has 118 valence electrons. The quantitative estimate of drug-likeness (QED) is 0.622. The Hall–Kier alpha value is -1.83. The van der Waals surface area contributed by atoms with Gasteiger partial charge in [0, 0.05) is 24.4 Å². The number of alkyl halides is 3. The molecule has 5 nitrogen and oxygen atoms in total. The molecule has 0 spiro atoms. The molecule has 0 saturated carbocycles. The summed E-state index contributed by atoms with van der Waals surface area (Å²) in [5, 5.41) is 23.2. The number of anilines is 1. The molecule has 0 unspecified atom stereocenters. The Morgan fingerprint density at radius 3 is 2.29 bits per heavy atom. The molecule has 0 aliphatic heterocycles. The second-order valence-corrected chi connectivity index (χ2v) is 4.77. The molecular weight excluding hydrogens is 289 g/mol. The molecule has 8 heteroatoms. The van der Waals surface area contributed by atoms with Crippen molar-refractivity contribution in [3.05, 3.63) is 33.9 Å². The Bertz CT molecular complexity index is 514. The molecular formula is C13H17F3N2O3. The molecule has 0 bridgehead atoms. The van der Waals surface area contributed by atoms with Crippen LogP contribution in [-0.4, -0.2) is 22.2 Å². The number of rotatable bonds is 6. The second kappa shape index (κ2) is 6.30. The average Bonchev–Trinajstić information content (AvgIpc) is 2.43. The van der Waals surface area contributed by atoms with Gasteiger partial charge in [0.15, 0.2) is 0 Å². The molecule has 0 aliphatic rings. The van der Waals surface area contributed by atoms with Crippen LogP contribution in [0.2, 0.25) is 0 Å². The summed E-state index contributed by atoms with van der Waals surface area (Å²) in [6.07, 6.45) is -3.96. The standard InChI is InChI=1S/C13H17F3N2O3/c1-3-12(19,4-2)8-17-11-6-5-9(18(20)21)7-10(11)13(14,15)16/h5-7,17,19H,3-4,8H2,1-2H3. The van der Waals surface area contributed by atoms with Crippen molar-refractivity contribution in [2.24, 2.45) is 0 Å². The van der Waals surface area contributed by atoms with Gasteiger partial charge in [0.1, 0.15) is 0 Å². The minimum Gasteiger partial charge on any atom is -0.388 e. The molecule has 0 aliphatic carbocycles. The highest BCUT2D eigenvalue weighted by molar-refractivity contribution is 5.57. The predicted octanol–water partition coefficient (Wildman–Crippen LogP) is 3.58. The third kappa shape index (κ3) is 4.32. The van der Waals surface area contributed by atoms with E-state index in [0.29, 0.717) is 18.9 Å². The lowest BCUT2D eigenvalue weighted by Crippen LogP contribution is -2.35. The van der Waals surface area contributed by atoms with E-state index in [-0.39, 0.29) is 12.2 Å². The number of halogens is 3. The van der Waals surface area contributed by atoms with Crippen LogP contribution < -0.4 is 5.32 Å². The average molecular weight is 306 g/mol. The topological polar surface area (TPSA) is 75.4 Å². The van der Waals surface area contributed by atoms with E-state index in [1.165, 1.54) is 0 Å². The van der Waals surface area contributed by atoms with Crippen molar-refractivity contribution >= 4 is 11.4 Å². The predicted molar refractivity (Wildman–Crippen MR) is 72.1 cm³/mol. The fourth-order valence-corrected chi connectivity index (χ4v) is 1.79. The Balaban J connectivity index is 3.10. The number of nitrogens with zero attached hydrogens (tertiary/aromatic N) is 1. The Kier molecular flexibility index (Phi) is 5.16. The van der Waals surface area contributed by atoms with Gasteiger partial charge >= 0.3 is 6.18 Å². The van der Waals surface area contributed by atoms with Crippen molar-refractivity contribution in [2.75, 3.05) is 11.9 Å². The molecule has 0 saturated heterocycles. The van der Waals surface area contributed by atoms with Crippen molar-refractivity contribution in [2.45, 2.75) is 38.5 Å². The lowest BCUT2D eigenvalue weighted by molar-refractivity contribution is -0.385. The van der Waals surface area contributed by atoms with Gasteiger partial charge in [-0.1, -0.05) is 13.8 Å². The number of nitro groups is 1. The van der Waals surface area contributed by atoms with Crippen LogP contribution in [0.1, 0.15) is 32.3 Å². The first kappa shape index (κ1) is 17.2. The zero-order valence-corrected chi connectivity index (χ0v) is 11.7. The minimum atomic E-state index is -4.72. The second-order valence-electron chi connectivity index (χ2n) is 4.77. The molecule has 0 atom stereocenters. The maximum atomic E-state index is 13.0. The largest absolute Gasteiger partial charge is 0.418 e. The van der Waals surface area contributed by atoms with Gasteiger partial charge in [0.2, 0.25) is 0 Å². The molecule has 0 radical (unpaired) electrons. The highest BCUT2D eigenvalue weighted by Crippen LogP contribution is 2.37. The minimum absolute atomic E-state index is 0.0686. The van der Waals surface area contributed by atoms with Crippen LogP contribution in [-0.2, 0) is 6.18 Å². The zero-order valence-electron chi connectivity index (χ0n) is 11.7. The lowest BCUT2D eigenvalue weighted by atomic mass is 9.97. The van der Waals surface area contributed by atoms with Gasteiger partial charge in [-0.25, -0.2) is 0 Å². The third-order valence-electron chi connectivity index (χ3n) is 3.44. The van der Waals surface area contributed by atoms with E-state index in [2.05, 4.69) is 5.32 Å². The smallest absolute Gasteiger partial charge is 0.388 e. The van der Waals surface area contributed by atoms with Gasteiger partial charge in [-0.2, -0.15) is 13.2 Å². The fourth-order valence-electron chi connectivity index (χ4n) is 1.79. The SMILES string of the molecule is CCC(O)(CC)CNc1ccc([N+](=O)[O-])cc1C(F)(F)F. The number of hydrogen-bond donors (Lipinski definition) is 2. The van der Waals surface area contributed by atoms with E-state index in [9.17, 15) is 28.4 Å². The van der Waals surface area contributed by atoms with Gasteiger partial charge in [0.05, 0.1) is 16.1 Å². The van der Waals surface area contributed by atoms with Crippen LogP contribution in [0, 0.1) is 10.1 Å². The highest BCUT2D eigenvalue weighted by Gasteiger charge is 2.35. The molecule has 1 aromatic carbocycles. The van der Waals surface area contributed by atoms with Crippen molar-refractivity contribution in [3.8, 4) is 0 Å². The summed E-state index contributed by atoms with van der Waals surface area (Å²) in [7, 11) is 0. The van der Waals surface area contributed by atoms with Crippen LogP contribution in [0.3, 0.4) is 0 Å². The van der Waals surface area contributed by atoms with Crippen LogP contribution in [0.5, 0.6) is 0 Å². The fraction of sp³-hybridized carbons (Fsp3) is 0.538. The van der Waals surface area contributed by atoms with Crippen LogP contribution in [0.25, 0.3) is 0 Å². The molecule has 0 fully saturated rings. The monoisotopic (exact) mass is 306 g/mol. The lowest BCUT2D eigenvalue weighted by Gasteiger charge is -2.26. The number of hydrogen-bond acceptors (Lipinski definition) is 4. The van der Waals surface area contributed by atoms with E-state index >= 15 is 0 Å². The Labute approximate surface area is 119 Å². The summed E-state index contributed by atoms with van der Waals surface area (Å²) in [6.45, 7) is 3.39. The first-order valence-corrected chi connectivity index (χ1v) is 6.45. The van der Waals surface area contributed by atoms with Crippen LogP contribution >= 0.6 is 0 Å². The van der Waals surface area contributed by atoms with E-state index in [4.69, 9.17) is 0 Å². The molecule has 0 aromatic heterocycles. The molecule has 0 heterocycles. The van der Waals surface area contributed by atoms with Gasteiger partial charge < -0.3 is 10.4 Å². The first-order chi connectivity index (χ1) is 9.63. The van der Waals surface area contributed by atoms with Crippen LogP contribution in [0.4, 0.5) is 24.5 Å². The summed E-state index contributed by atoms with van der Waals surface area (Å²) in [6, 6.07) is 2.49. The number of aliphatic hydroxyl groups is 1. The van der Waals surface area contributed by atoms with E-state index in [1.54, 1.807) is 13.8 Å². The van der Waals surface area contributed by atoms with Gasteiger partial charge in [0.25, 0.3) is 5.69 Å². The maximum Gasteiger partial charge on any atom is 0.418 e. The Morgan fingerprint density at radius 1 is 1.29 bits per heavy atom. The summed E-state index contributed by atoms with van der Waals surface area (Å²) in [5.74, 6) is 0. The highest BCUT2D eigenvalue weighted by atomic mass is 19.4. The summed E-state index contributed by atoms with van der Waals surface area (Å²) in [4.78, 5) is 9.70. The van der Waals surface area contributed by atoms with E-state index < -0.39 is 28.0 Å². The van der Waals surface area contributed by atoms with Crippen LogP contribution in [0.15, 0.2) is 18.2 Å². The van der Waals surface area contributed by atoms with Gasteiger partial charge in [-0.3, -0.25) is 10.1 Å². The molecule has 2 N–H and O–H groups in total. The third-order valence-corrected chi connectivity index (χ3v) is 3.44. The van der Waals surface area contributed by atoms with Crippen molar-refractivity contribution in [1.29, 1.82) is 0 Å². The number of nitrogens with one attached hydrogen (secondary N) is 1. The number of non-ortho nitro benzene ring substituents is 1. The van der Waals surface area contributed by atoms with Gasteiger partial charge in [-0.15, -0.1) is 0 Å². The number of benzene rings is 1. The van der Waals surface area contributed by atoms with Crippen molar-refractivity contribution < 1.29 is 23.2 Å². The van der Waals surface area contributed by atoms with E-state index in [1.807, 2.05) is 0 Å². The summed E-state index contributed by atoms with van der Waals surface area (Å²) in [5.41, 5.74) is -3.15. The van der Waals surface area contributed by atoms with Crippen molar-refractivity contribution in [1.82, 2.24) is 0 Å². The molecule has 21 heavy (non-hydrogen) atoms. The van der Waals surface area contributed by atoms with Crippen molar-refractivity contribution in [3.63, 3.8) is 0 Å². The maximum absolute atomic E-state index is 13.0. The summed E-state index contributed by atoms with van der Waals surface area (Å²) < 4.78 is 38.9. The molecule has 0 amide bonds. The molecule has 1 aromatic rings. The zero-order chi connectivity index (χ0) is 16.3. The number of nitro benzene ring substituents is 1. The first-order valence-electron chi connectivity index (χ1n) is 6.45. The van der Waals surface area contributed by atoms with E-state index in [0.717, 1.165) is 12.1 Å².